The van der Waals surface area contributed by atoms with Crippen LogP contribution in [0.1, 0.15) is 0 Å². The van der Waals surface area contributed by atoms with E-state index in [0.717, 1.165) is 6.08 Å². The van der Waals surface area contributed by atoms with Gasteiger partial charge in [-0.3, -0.25) is 0 Å². The molecule has 2 N–H and O–H groups in total. The van der Waals surface area contributed by atoms with Crippen molar-refractivity contribution in [3.8, 4) is 0 Å². The maximum atomic E-state index is 9.25. The minimum atomic E-state index is -2.86. The predicted molar refractivity (Wildman–Crippen MR) is 29.4 cm³/mol. The maximum Gasteiger partial charge on any atom is 0.327 e. The number of carboxylic acids is 1. The van der Waals surface area contributed by atoms with Crippen LogP contribution >= 0.6 is 0 Å². The highest BCUT2D eigenvalue weighted by molar-refractivity contribution is 7.73. The molecule has 0 radical (unpaired) electrons. The van der Waals surface area contributed by atoms with Crippen LogP contribution < -0.4 is 0 Å². The SMILES string of the molecule is C=CC(=O)O.O=S([O-])O. The van der Waals surface area contributed by atoms with E-state index in [1.54, 1.807) is 0 Å². The molecule has 0 rings (SSSR count). The smallest absolute Gasteiger partial charge is 0.327 e. The Labute approximate surface area is 54.1 Å². The third kappa shape index (κ3) is 124. The van der Waals surface area contributed by atoms with E-state index in [4.69, 9.17) is 18.4 Å². The van der Waals surface area contributed by atoms with Gasteiger partial charge in [0.15, 0.2) is 0 Å². The molecule has 0 saturated carbocycles. The molecule has 0 aromatic rings. The lowest BCUT2D eigenvalue weighted by Crippen LogP contribution is -1.82. The number of carbonyl (C=O) groups is 1. The molecule has 5 nitrogen and oxygen atoms in total. The summed E-state index contributed by atoms with van der Waals surface area (Å²) in [7, 11) is 0. The summed E-state index contributed by atoms with van der Waals surface area (Å²) < 4.78 is 24.1. The first-order valence-electron chi connectivity index (χ1n) is 1.64. The van der Waals surface area contributed by atoms with Gasteiger partial charge in [-0.1, -0.05) is 6.58 Å². The third-order valence-electron chi connectivity index (χ3n) is 0.175. The molecule has 1 atom stereocenters. The molecule has 0 aromatic carbocycles. The molecule has 0 heterocycles. The molecule has 0 aromatic heterocycles. The fraction of sp³-hybridized carbons (Fsp3) is 0. The second-order valence-corrected chi connectivity index (χ2v) is 1.19. The first-order chi connectivity index (χ1) is 4.00. The van der Waals surface area contributed by atoms with Gasteiger partial charge in [0.1, 0.15) is 0 Å². The fourth-order valence-electron chi connectivity index (χ4n) is 0. The summed E-state index contributed by atoms with van der Waals surface area (Å²) in [6.07, 6.45) is 0.833. The minimum Gasteiger partial charge on any atom is -0.750 e. The molecule has 0 fully saturated rings. The molecule has 0 aliphatic heterocycles. The quantitative estimate of drug-likeness (QED) is 0.394. The molecule has 9 heavy (non-hydrogen) atoms. The van der Waals surface area contributed by atoms with Gasteiger partial charge in [0, 0.05) is 6.08 Å². The highest BCUT2D eigenvalue weighted by Gasteiger charge is 1.73. The van der Waals surface area contributed by atoms with Crippen molar-refractivity contribution in [2.75, 3.05) is 0 Å². The van der Waals surface area contributed by atoms with Crippen molar-refractivity contribution in [2.45, 2.75) is 0 Å². The molecule has 0 amide bonds. The lowest BCUT2D eigenvalue weighted by Gasteiger charge is -1.83. The van der Waals surface area contributed by atoms with E-state index in [0.29, 0.717) is 0 Å². The lowest BCUT2D eigenvalue weighted by atomic mass is 10.7. The highest BCUT2D eigenvalue weighted by atomic mass is 32.2. The number of hydrogen-bond donors (Lipinski definition) is 2. The highest BCUT2D eigenvalue weighted by Crippen LogP contribution is 1.54. The van der Waals surface area contributed by atoms with Gasteiger partial charge >= 0.3 is 5.97 Å². The van der Waals surface area contributed by atoms with Crippen molar-refractivity contribution >= 4 is 17.3 Å². The number of aliphatic carboxylic acids is 1. The van der Waals surface area contributed by atoms with Crippen molar-refractivity contribution < 1.29 is 23.2 Å². The summed E-state index contributed by atoms with van der Waals surface area (Å²) in [6.45, 7) is 2.96. The Balaban J connectivity index is 0. The van der Waals surface area contributed by atoms with E-state index >= 15 is 0 Å². The summed E-state index contributed by atoms with van der Waals surface area (Å²) in [5, 5.41) is 7.60. The van der Waals surface area contributed by atoms with E-state index in [2.05, 4.69) is 6.58 Å². The topological polar surface area (TPSA) is 97.7 Å². The average Bonchev–Trinajstić information content (AvgIpc) is 1.65. The molecular formula is C3H5O5S-. The summed E-state index contributed by atoms with van der Waals surface area (Å²) in [5.41, 5.74) is 0. The Morgan fingerprint density at radius 2 is 1.89 bits per heavy atom. The normalized spacial score (nSPS) is 10.4. The Morgan fingerprint density at radius 3 is 1.89 bits per heavy atom. The number of hydrogen-bond acceptors (Lipinski definition) is 3. The van der Waals surface area contributed by atoms with Gasteiger partial charge in [-0.2, -0.15) is 0 Å². The van der Waals surface area contributed by atoms with E-state index in [-0.39, 0.29) is 0 Å². The van der Waals surface area contributed by atoms with Crippen LogP contribution in [0.25, 0.3) is 0 Å². The number of carboxylic acid groups (broad SMARTS) is 1. The zero-order valence-electron chi connectivity index (χ0n) is 4.31. The maximum absolute atomic E-state index is 9.25. The monoisotopic (exact) mass is 153 g/mol. The van der Waals surface area contributed by atoms with Crippen LogP contribution in [-0.4, -0.2) is 24.4 Å². The van der Waals surface area contributed by atoms with E-state index < -0.39 is 17.3 Å². The molecule has 54 valence electrons. The molecular weight excluding hydrogens is 148 g/mol. The average molecular weight is 153 g/mol. The van der Waals surface area contributed by atoms with Gasteiger partial charge in [0.2, 0.25) is 0 Å². The van der Waals surface area contributed by atoms with Crippen molar-refractivity contribution in [3.63, 3.8) is 0 Å². The Morgan fingerprint density at radius 1 is 1.78 bits per heavy atom. The van der Waals surface area contributed by atoms with Crippen LogP contribution in [0.3, 0.4) is 0 Å². The van der Waals surface area contributed by atoms with Gasteiger partial charge in [0.25, 0.3) is 0 Å². The molecule has 6 heteroatoms. The molecule has 0 bridgehead atoms. The molecule has 0 spiro atoms. The van der Waals surface area contributed by atoms with Crippen molar-refractivity contribution in [3.05, 3.63) is 12.7 Å². The zero-order chi connectivity index (χ0) is 7.86. The van der Waals surface area contributed by atoms with Crippen molar-refractivity contribution in [1.29, 1.82) is 0 Å². The van der Waals surface area contributed by atoms with Gasteiger partial charge < -0.3 is 14.2 Å². The van der Waals surface area contributed by atoms with Crippen LogP contribution in [0.15, 0.2) is 12.7 Å². The van der Waals surface area contributed by atoms with Crippen molar-refractivity contribution in [2.24, 2.45) is 0 Å². The van der Waals surface area contributed by atoms with Crippen LogP contribution in [-0.2, 0) is 16.2 Å². The second-order valence-electron chi connectivity index (χ2n) is 0.759. The Kier molecular flexibility index (Phi) is 9.00. The first kappa shape index (κ1) is 11.1. The molecule has 1 unspecified atom stereocenters. The van der Waals surface area contributed by atoms with Gasteiger partial charge in [-0.15, -0.1) is 0 Å². The molecule has 0 aliphatic rings. The van der Waals surface area contributed by atoms with Crippen LogP contribution in [0.2, 0.25) is 0 Å². The lowest BCUT2D eigenvalue weighted by molar-refractivity contribution is -0.131. The molecule has 0 aliphatic carbocycles. The van der Waals surface area contributed by atoms with Gasteiger partial charge in [-0.05, 0) is 0 Å². The zero-order valence-corrected chi connectivity index (χ0v) is 5.13. The Bertz CT molecular complexity index is 115. The summed E-state index contributed by atoms with van der Waals surface area (Å²) >= 11 is -2.86. The largest absolute Gasteiger partial charge is 0.750 e. The predicted octanol–water partition coefficient (Wildman–Crippen LogP) is -0.404. The van der Waals surface area contributed by atoms with Crippen molar-refractivity contribution in [1.82, 2.24) is 0 Å². The van der Waals surface area contributed by atoms with Crippen LogP contribution in [0, 0.1) is 0 Å². The van der Waals surface area contributed by atoms with E-state index in [1.807, 2.05) is 0 Å². The minimum absolute atomic E-state index is 0.833. The standard InChI is InChI=1S/C3H4O2.H2O3S/c1-2-3(4)5;1-4(2)3/h2H,1H2,(H,4,5);(H2,1,2,3)/p-1. The second kappa shape index (κ2) is 7.28. The summed E-state index contributed by atoms with van der Waals surface area (Å²) in [4.78, 5) is 9.25. The fourth-order valence-corrected chi connectivity index (χ4v) is 0. The Hall–Kier alpha value is -0.720. The first-order valence-corrected chi connectivity index (χ1v) is 2.67. The van der Waals surface area contributed by atoms with Crippen LogP contribution in [0.5, 0.6) is 0 Å². The molecule has 0 saturated heterocycles. The van der Waals surface area contributed by atoms with E-state index in [9.17, 15) is 4.79 Å². The van der Waals surface area contributed by atoms with Gasteiger partial charge in [0.05, 0.1) is 11.4 Å². The summed E-state index contributed by atoms with van der Waals surface area (Å²) in [6, 6.07) is 0. The van der Waals surface area contributed by atoms with Crippen LogP contribution in [0.4, 0.5) is 0 Å². The van der Waals surface area contributed by atoms with E-state index in [1.165, 1.54) is 0 Å². The summed E-state index contributed by atoms with van der Waals surface area (Å²) in [5.74, 6) is -0.981. The van der Waals surface area contributed by atoms with Gasteiger partial charge in [-0.25, -0.2) is 9.00 Å². The number of rotatable bonds is 1. The third-order valence-corrected chi connectivity index (χ3v) is 0.175.